The fraction of sp³-hybridized carbons (Fsp3) is 0.435. The van der Waals surface area contributed by atoms with Gasteiger partial charge < -0.3 is 14.7 Å². The molecule has 1 aliphatic rings. The van der Waals surface area contributed by atoms with Crippen LogP contribution in [0.15, 0.2) is 42.5 Å². The number of hydrogen-bond donors (Lipinski definition) is 1. The Morgan fingerprint density at radius 2 is 1.75 bits per heavy atom. The summed E-state index contributed by atoms with van der Waals surface area (Å²) in [6.07, 6.45) is 0.369. The molecule has 1 fully saturated rings. The summed E-state index contributed by atoms with van der Waals surface area (Å²) < 4.78 is 5.59. The number of amides is 1. The van der Waals surface area contributed by atoms with E-state index < -0.39 is 0 Å². The van der Waals surface area contributed by atoms with Crippen molar-refractivity contribution < 1.29 is 14.6 Å². The van der Waals surface area contributed by atoms with Gasteiger partial charge in [-0.2, -0.15) is 0 Å². The van der Waals surface area contributed by atoms with Crippen LogP contribution in [0.2, 0.25) is 0 Å². The first kappa shape index (κ1) is 20.2. The number of piperazine rings is 1. The number of aromatic hydroxyl groups is 1. The first-order valence-electron chi connectivity index (χ1n) is 9.95. The average Bonchev–Trinajstić information content (AvgIpc) is 2.69. The van der Waals surface area contributed by atoms with Gasteiger partial charge in [-0.15, -0.1) is 0 Å². The number of phenols is 1. The highest BCUT2D eigenvalue weighted by molar-refractivity contribution is 5.76. The lowest BCUT2D eigenvalue weighted by Crippen LogP contribution is -2.49. The van der Waals surface area contributed by atoms with Gasteiger partial charge in [-0.3, -0.25) is 9.69 Å². The Kier molecular flexibility index (Phi) is 6.57. The molecule has 28 heavy (non-hydrogen) atoms. The van der Waals surface area contributed by atoms with E-state index in [1.54, 1.807) is 24.3 Å². The van der Waals surface area contributed by atoms with Crippen LogP contribution in [-0.4, -0.2) is 53.6 Å². The minimum atomic E-state index is 0.137. The Bertz CT molecular complexity index is 796. The number of carbonyl (C=O) groups is 1. The van der Waals surface area contributed by atoms with Crippen molar-refractivity contribution in [1.29, 1.82) is 0 Å². The van der Waals surface area contributed by atoms with Crippen molar-refractivity contribution in [1.82, 2.24) is 9.80 Å². The molecule has 0 spiro atoms. The first-order valence-corrected chi connectivity index (χ1v) is 9.95. The lowest BCUT2D eigenvalue weighted by atomic mass is 9.99. The van der Waals surface area contributed by atoms with Gasteiger partial charge in [0.25, 0.3) is 0 Å². The summed E-state index contributed by atoms with van der Waals surface area (Å²) in [5.41, 5.74) is 3.99. The smallest absolute Gasteiger partial charge is 0.226 e. The molecule has 1 amide bonds. The molecule has 5 heteroatoms. The predicted octanol–water partition coefficient (Wildman–Crippen LogP) is 3.68. The van der Waals surface area contributed by atoms with Crippen molar-refractivity contribution in [2.24, 2.45) is 0 Å². The summed E-state index contributed by atoms with van der Waals surface area (Å²) >= 11 is 0. The second-order valence-electron chi connectivity index (χ2n) is 7.55. The van der Waals surface area contributed by atoms with Crippen LogP contribution in [-0.2, 0) is 4.79 Å². The quantitative estimate of drug-likeness (QED) is 0.828. The van der Waals surface area contributed by atoms with Gasteiger partial charge in [0.15, 0.2) is 0 Å². The zero-order valence-corrected chi connectivity index (χ0v) is 17.0. The highest BCUT2D eigenvalue weighted by Gasteiger charge is 2.25. The van der Waals surface area contributed by atoms with E-state index in [-0.39, 0.29) is 11.7 Å². The molecule has 1 N–H and O–H groups in total. The van der Waals surface area contributed by atoms with Gasteiger partial charge in [0.1, 0.15) is 11.5 Å². The molecule has 2 aromatic rings. The molecule has 0 aliphatic carbocycles. The van der Waals surface area contributed by atoms with Gasteiger partial charge in [-0.1, -0.05) is 23.8 Å². The van der Waals surface area contributed by atoms with Crippen LogP contribution in [0.5, 0.6) is 11.5 Å². The standard InChI is InChI=1S/C23H30N2O3/c1-17-4-9-22(18(2)16-17)19(3)24-11-13-25(14-12-24)23(27)10-15-28-21-7-5-20(26)6-8-21/h4-9,16,19,26H,10-15H2,1-3H3. The third kappa shape index (κ3) is 5.04. The minimum absolute atomic E-state index is 0.137. The lowest BCUT2D eigenvalue weighted by Gasteiger charge is -2.38. The van der Waals surface area contributed by atoms with E-state index in [2.05, 4.69) is 43.9 Å². The van der Waals surface area contributed by atoms with Crippen molar-refractivity contribution in [3.8, 4) is 11.5 Å². The predicted molar refractivity (Wildman–Crippen MR) is 111 cm³/mol. The molecule has 1 saturated heterocycles. The van der Waals surface area contributed by atoms with Gasteiger partial charge in [0.2, 0.25) is 5.91 Å². The van der Waals surface area contributed by atoms with Crippen LogP contribution in [0.3, 0.4) is 0 Å². The van der Waals surface area contributed by atoms with Crippen molar-refractivity contribution in [2.45, 2.75) is 33.2 Å². The SMILES string of the molecule is Cc1ccc(C(C)N2CCN(C(=O)CCOc3ccc(O)cc3)CC2)c(C)c1. The number of nitrogens with zero attached hydrogens (tertiary/aromatic N) is 2. The van der Waals surface area contributed by atoms with Gasteiger partial charge in [0.05, 0.1) is 13.0 Å². The maximum atomic E-state index is 12.5. The Hall–Kier alpha value is -2.53. The van der Waals surface area contributed by atoms with Crippen LogP contribution in [0.25, 0.3) is 0 Å². The number of carbonyl (C=O) groups excluding carboxylic acids is 1. The fourth-order valence-corrected chi connectivity index (χ4v) is 3.81. The van der Waals surface area contributed by atoms with Crippen molar-refractivity contribution in [3.63, 3.8) is 0 Å². The highest BCUT2D eigenvalue weighted by atomic mass is 16.5. The molecule has 1 heterocycles. The molecule has 5 nitrogen and oxygen atoms in total. The molecular formula is C23H30N2O3. The second-order valence-corrected chi connectivity index (χ2v) is 7.55. The summed E-state index contributed by atoms with van der Waals surface area (Å²) in [5.74, 6) is 1.01. The van der Waals surface area contributed by atoms with E-state index >= 15 is 0 Å². The summed E-state index contributed by atoms with van der Waals surface area (Å²) in [7, 11) is 0. The van der Waals surface area contributed by atoms with Crippen LogP contribution < -0.4 is 4.74 Å². The molecule has 150 valence electrons. The number of benzene rings is 2. The van der Waals surface area contributed by atoms with Crippen molar-refractivity contribution in [3.05, 3.63) is 59.2 Å². The number of phenolic OH excluding ortho intramolecular Hbond substituents is 1. The summed E-state index contributed by atoms with van der Waals surface area (Å²) in [4.78, 5) is 16.9. The Morgan fingerprint density at radius 1 is 1.07 bits per heavy atom. The molecular weight excluding hydrogens is 352 g/mol. The minimum Gasteiger partial charge on any atom is -0.508 e. The Balaban J connectivity index is 1.45. The first-order chi connectivity index (χ1) is 13.4. The number of rotatable bonds is 6. The third-order valence-electron chi connectivity index (χ3n) is 5.51. The van der Waals surface area contributed by atoms with Crippen molar-refractivity contribution in [2.75, 3.05) is 32.8 Å². The monoisotopic (exact) mass is 382 g/mol. The molecule has 1 aliphatic heterocycles. The molecule has 1 atom stereocenters. The van der Waals surface area contributed by atoms with E-state index in [1.807, 2.05) is 4.90 Å². The maximum Gasteiger partial charge on any atom is 0.226 e. The lowest BCUT2D eigenvalue weighted by molar-refractivity contribution is -0.133. The highest BCUT2D eigenvalue weighted by Crippen LogP contribution is 2.25. The average molecular weight is 383 g/mol. The summed E-state index contributed by atoms with van der Waals surface area (Å²) in [6.45, 7) is 10.2. The zero-order chi connectivity index (χ0) is 20.1. The van der Waals surface area contributed by atoms with Crippen molar-refractivity contribution >= 4 is 5.91 Å². The van der Waals surface area contributed by atoms with Crippen LogP contribution in [0.1, 0.15) is 36.1 Å². The zero-order valence-electron chi connectivity index (χ0n) is 17.0. The van der Waals surface area contributed by atoms with E-state index in [0.717, 1.165) is 26.2 Å². The number of hydrogen-bond acceptors (Lipinski definition) is 4. The van der Waals surface area contributed by atoms with Crippen LogP contribution in [0, 0.1) is 13.8 Å². The molecule has 2 aromatic carbocycles. The van der Waals surface area contributed by atoms with E-state index in [1.165, 1.54) is 16.7 Å². The van der Waals surface area contributed by atoms with E-state index in [0.29, 0.717) is 24.8 Å². The molecule has 0 aromatic heterocycles. The Morgan fingerprint density at radius 3 is 2.39 bits per heavy atom. The Labute approximate surface area is 167 Å². The topological polar surface area (TPSA) is 53.0 Å². The molecule has 3 rings (SSSR count). The number of ether oxygens (including phenoxy) is 1. The number of aryl methyl sites for hydroxylation is 2. The summed E-state index contributed by atoms with van der Waals surface area (Å²) in [5, 5.41) is 9.28. The van der Waals surface area contributed by atoms with Gasteiger partial charge >= 0.3 is 0 Å². The van der Waals surface area contributed by atoms with Crippen LogP contribution >= 0.6 is 0 Å². The van der Waals surface area contributed by atoms with E-state index in [9.17, 15) is 9.90 Å². The second kappa shape index (κ2) is 9.11. The van der Waals surface area contributed by atoms with Gasteiger partial charge in [-0.25, -0.2) is 0 Å². The van der Waals surface area contributed by atoms with Crippen LogP contribution in [0.4, 0.5) is 0 Å². The summed E-state index contributed by atoms with van der Waals surface area (Å²) in [6, 6.07) is 13.6. The van der Waals surface area contributed by atoms with Gasteiger partial charge in [-0.05, 0) is 56.2 Å². The maximum absolute atomic E-state index is 12.5. The van der Waals surface area contributed by atoms with E-state index in [4.69, 9.17) is 4.74 Å². The molecule has 0 saturated carbocycles. The normalized spacial score (nSPS) is 16.0. The third-order valence-corrected chi connectivity index (χ3v) is 5.51. The molecule has 1 unspecified atom stereocenters. The fourth-order valence-electron chi connectivity index (χ4n) is 3.81. The molecule has 0 bridgehead atoms. The molecule has 0 radical (unpaired) electrons. The van der Waals surface area contributed by atoms with Gasteiger partial charge in [0, 0.05) is 32.2 Å². The largest absolute Gasteiger partial charge is 0.508 e.